The summed E-state index contributed by atoms with van der Waals surface area (Å²) in [5, 5.41) is 2.86. The fraction of sp³-hybridized carbons (Fsp3) is 0.211. The number of para-hydroxylation sites is 1. The lowest BCUT2D eigenvalue weighted by molar-refractivity contribution is -0.130. The van der Waals surface area contributed by atoms with E-state index in [0.29, 0.717) is 22.4 Å². The predicted molar refractivity (Wildman–Crippen MR) is 96.3 cm³/mol. The minimum absolute atomic E-state index is 0.104. The topological polar surface area (TPSA) is 105 Å². The van der Waals surface area contributed by atoms with E-state index in [1.54, 1.807) is 31.4 Å². The fourth-order valence-electron chi connectivity index (χ4n) is 3.26. The summed E-state index contributed by atoms with van der Waals surface area (Å²) in [6, 6.07) is 11.4. The Kier molecular flexibility index (Phi) is 4.15. The highest BCUT2D eigenvalue weighted by molar-refractivity contribution is 5.97. The molecular formula is C19H17N3O5. The average molecular weight is 367 g/mol. The molecule has 1 saturated heterocycles. The summed E-state index contributed by atoms with van der Waals surface area (Å²) >= 11 is 0. The molecule has 138 valence electrons. The van der Waals surface area contributed by atoms with Gasteiger partial charge >= 0.3 is 11.8 Å². The Hall–Kier alpha value is -3.55. The Morgan fingerprint density at radius 3 is 2.78 bits per heavy atom. The summed E-state index contributed by atoms with van der Waals surface area (Å²) in [5.41, 5.74) is 2.42. The fourth-order valence-corrected chi connectivity index (χ4v) is 3.26. The third kappa shape index (κ3) is 3.17. The van der Waals surface area contributed by atoms with Gasteiger partial charge in [-0.3, -0.25) is 14.7 Å². The second-order valence-electron chi connectivity index (χ2n) is 6.27. The molecular weight excluding hydrogens is 350 g/mol. The summed E-state index contributed by atoms with van der Waals surface area (Å²) in [6.45, 7) is 0.104. The molecule has 1 fully saturated rings. The molecule has 1 aliphatic rings. The molecule has 0 radical (unpaired) electrons. The second-order valence-corrected chi connectivity index (χ2v) is 6.27. The molecule has 1 aromatic heterocycles. The lowest BCUT2D eigenvalue weighted by Crippen LogP contribution is -2.50. The van der Waals surface area contributed by atoms with Crippen LogP contribution in [0.4, 0.5) is 4.79 Å². The molecule has 0 spiro atoms. The molecule has 2 N–H and O–H groups in total. The number of fused-ring (bicyclic) bond motifs is 1. The first kappa shape index (κ1) is 16.9. The van der Waals surface area contributed by atoms with Gasteiger partial charge in [0.15, 0.2) is 5.58 Å². The average Bonchev–Trinajstić information content (AvgIpc) is 3.03. The molecule has 3 aromatic rings. The molecule has 0 bridgehead atoms. The first-order chi connectivity index (χ1) is 13.0. The number of nitrogens with zero attached hydrogens (tertiary/aromatic N) is 1. The highest BCUT2D eigenvalue weighted by Gasteiger charge is 2.33. The number of carbonyl (C=O) groups is 2. The van der Waals surface area contributed by atoms with Crippen LogP contribution in [0.1, 0.15) is 23.6 Å². The second kappa shape index (κ2) is 6.64. The van der Waals surface area contributed by atoms with E-state index in [9.17, 15) is 14.4 Å². The molecule has 1 atom stereocenters. The third-order valence-electron chi connectivity index (χ3n) is 4.56. The van der Waals surface area contributed by atoms with E-state index in [0.717, 1.165) is 10.5 Å². The standard InChI is InChI=1S/C19H17N3O5/c1-26-15-5-3-2-4-12(15)13-9-17(23)22(18(24)20-13)10-11-6-7-16-14(8-11)21-19(25)27-16/h2-8,13H,9-10H2,1H3,(H,20,24)(H,21,25). The number of benzene rings is 2. The zero-order valence-corrected chi connectivity index (χ0v) is 14.5. The van der Waals surface area contributed by atoms with Crippen molar-refractivity contribution in [3.8, 4) is 5.75 Å². The summed E-state index contributed by atoms with van der Waals surface area (Å²) in [6.07, 6.45) is 0.136. The molecule has 1 aliphatic heterocycles. The number of aromatic nitrogens is 1. The third-order valence-corrected chi connectivity index (χ3v) is 4.56. The van der Waals surface area contributed by atoms with Gasteiger partial charge < -0.3 is 14.5 Å². The van der Waals surface area contributed by atoms with Gasteiger partial charge in [-0.25, -0.2) is 9.59 Å². The van der Waals surface area contributed by atoms with Gasteiger partial charge in [0, 0.05) is 5.56 Å². The number of amides is 3. The Bertz CT molecular complexity index is 1070. The summed E-state index contributed by atoms with van der Waals surface area (Å²) in [5.74, 6) is -0.206. The molecule has 0 saturated carbocycles. The number of aromatic amines is 1. The van der Waals surface area contributed by atoms with Crippen LogP contribution in [0.15, 0.2) is 51.7 Å². The van der Waals surface area contributed by atoms with E-state index in [2.05, 4.69) is 10.3 Å². The zero-order chi connectivity index (χ0) is 19.0. The highest BCUT2D eigenvalue weighted by atomic mass is 16.5. The summed E-state index contributed by atoms with van der Waals surface area (Å²) in [4.78, 5) is 40.1. The number of methoxy groups -OCH3 is 1. The minimum atomic E-state index is -0.548. The Morgan fingerprint density at radius 2 is 2.00 bits per heavy atom. The molecule has 8 nitrogen and oxygen atoms in total. The van der Waals surface area contributed by atoms with Crippen LogP contribution in [-0.4, -0.2) is 28.9 Å². The molecule has 8 heteroatoms. The van der Waals surface area contributed by atoms with E-state index in [1.807, 2.05) is 18.2 Å². The first-order valence-electron chi connectivity index (χ1n) is 8.40. The van der Waals surface area contributed by atoms with Crippen molar-refractivity contribution in [1.82, 2.24) is 15.2 Å². The van der Waals surface area contributed by atoms with Crippen LogP contribution < -0.4 is 15.8 Å². The van der Waals surface area contributed by atoms with Crippen LogP contribution in [0, 0.1) is 0 Å². The SMILES string of the molecule is COc1ccccc1C1CC(=O)N(Cc2ccc3oc(=O)[nH]c3c2)C(=O)N1. The number of nitrogens with one attached hydrogen (secondary N) is 2. The van der Waals surface area contributed by atoms with Gasteiger partial charge in [-0.05, 0) is 23.8 Å². The molecule has 2 heterocycles. The normalized spacial score (nSPS) is 17.2. The van der Waals surface area contributed by atoms with Gasteiger partial charge in [0.1, 0.15) is 5.75 Å². The quantitative estimate of drug-likeness (QED) is 0.736. The van der Waals surface area contributed by atoms with Gasteiger partial charge in [-0.2, -0.15) is 0 Å². The van der Waals surface area contributed by atoms with Gasteiger partial charge in [-0.15, -0.1) is 0 Å². The van der Waals surface area contributed by atoms with Crippen LogP contribution in [0.25, 0.3) is 11.1 Å². The number of rotatable bonds is 4. The number of ether oxygens (including phenoxy) is 1. The van der Waals surface area contributed by atoms with Crippen molar-refractivity contribution < 1.29 is 18.7 Å². The van der Waals surface area contributed by atoms with Gasteiger partial charge in [0.2, 0.25) is 5.91 Å². The van der Waals surface area contributed by atoms with Crippen LogP contribution >= 0.6 is 0 Å². The van der Waals surface area contributed by atoms with Crippen molar-refractivity contribution in [2.75, 3.05) is 7.11 Å². The lowest BCUT2D eigenvalue weighted by Gasteiger charge is -2.32. The largest absolute Gasteiger partial charge is 0.496 e. The number of urea groups is 1. The van der Waals surface area contributed by atoms with E-state index in [-0.39, 0.29) is 18.9 Å². The van der Waals surface area contributed by atoms with Crippen LogP contribution in [0.5, 0.6) is 5.75 Å². The Morgan fingerprint density at radius 1 is 1.19 bits per heavy atom. The lowest BCUT2D eigenvalue weighted by atomic mass is 10.00. The number of imide groups is 1. The minimum Gasteiger partial charge on any atom is -0.496 e. The van der Waals surface area contributed by atoms with Gasteiger partial charge in [0.25, 0.3) is 0 Å². The summed E-state index contributed by atoms with van der Waals surface area (Å²) < 4.78 is 10.3. The number of H-pyrrole nitrogens is 1. The number of hydrogen-bond acceptors (Lipinski definition) is 5. The van der Waals surface area contributed by atoms with E-state index in [4.69, 9.17) is 9.15 Å². The van der Waals surface area contributed by atoms with Crippen LogP contribution in [-0.2, 0) is 11.3 Å². The predicted octanol–water partition coefficient (Wildman–Crippen LogP) is 2.31. The smallest absolute Gasteiger partial charge is 0.417 e. The number of hydrogen-bond donors (Lipinski definition) is 2. The molecule has 2 aromatic carbocycles. The highest BCUT2D eigenvalue weighted by Crippen LogP contribution is 2.30. The molecule has 3 amide bonds. The van der Waals surface area contributed by atoms with Gasteiger partial charge in [0.05, 0.1) is 31.6 Å². The maximum absolute atomic E-state index is 12.6. The van der Waals surface area contributed by atoms with E-state index in [1.165, 1.54) is 0 Å². The Balaban J connectivity index is 1.54. The van der Waals surface area contributed by atoms with Crippen molar-refractivity contribution in [3.63, 3.8) is 0 Å². The monoisotopic (exact) mass is 367 g/mol. The summed E-state index contributed by atoms with van der Waals surface area (Å²) in [7, 11) is 1.55. The molecule has 4 rings (SSSR count). The number of oxazole rings is 1. The zero-order valence-electron chi connectivity index (χ0n) is 14.5. The number of carbonyl (C=O) groups excluding carboxylic acids is 2. The van der Waals surface area contributed by atoms with Crippen molar-refractivity contribution in [1.29, 1.82) is 0 Å². The van der Waals surface area contributed by atoms with Crippen molar-refractivity contribution >= 4 is 23.0 Å². The van der Waals surface area contributed by atoms with E-state index >= 15 is 0 Å². The van der Waals surface area contributed by atoms with Crippen LogP contribution in [0.2, 0.25) is 0 Å². The first-order valence-corrected chi connectivity index (χ1v) is 8.40. The maximum Gasteiger partial charge on any atom is 0.417 e. The Labute approximate surface area is 153 Å². The molecule has 27 heavy (non-hydrogen) atoms. The van der Waals surface area contributed by atoms with Gasteiger partial charge in [-0.1, -0.05) is 24.3 Å². The molecule has 0 aliphatic carbocycles. The van der Waals surface area contributed by atoms with Crippen molar-refractivity contribution in [3.05, 3.63) is 64.1 Å². The van der Waals surface area contributed by atoms with Crippen molar-refractivity contribution in [2.45, 2.75) is 19.0 Å². The maximum atomic E-state index is 12.6. The van der Waals surface area contributed by atoms with E-state index < -0.39 is 17.8 Å². The van der Waals surface area contributed by atoms with Crippen molar-refractivity contribution in [2.24, 2.45) is 0 Å². The molecule has 1 unspecified atom stereocenters. The van der Waals surface area contributed by atoms with Crippen LogP contribution in [0.3, 0.4) is 0 Å².